The first-order chi connectivity index (χ1) is 9.24. The van der Waals surface area contributed by atoms with Crippen molar-refractivity contribution in [2.24, 2.45) is 5.92 Å². The molecule has 1 aliphatic rings. The van der Waals surface area contributed by atoms with Crippen molar-refractivity contribution in [2.75, 3.05) is 24.5 Å². The normalized spacial score (nSPS) is 14.2. The average molecular weight is 278 g/mol. The number of rotatable bonds is 7. The minimum Gasteiger partial charge on any atom is -0.344 e. The summed E-state index contributed by atoms with van der Waals surface area (Å²) in [5.74, 6) is 4.26. The molecule has 4 heteroatoms. The Morgan fingerprint density at radius 2 is 2.37 bits per heavy atom. The van der Waals surface area contributed by atoms with Gasteiger partial charge in [0.25, 0.3) is 0 Å². The highest BCUT2D eigenvalue weighted by molar-refractivity contribution is 6.33. The first kappa shape index (κ1) is 14.2. The van der Waals surface area contributed by atoms with E-state index in [0.29, 0.717) is 11.6 Å². The van der Waals surface area contributed by atoms with Crippen LogP contribution < -0.4 is 10.2 Å². The van der Waals surface area contributed by atoms with Crippen LogP contribution in [0.2, 0.25) is 5.02 Å². The fourth-order valence-electron chi connectivity index (χ4n) is 2.02. The number of nitrogens with zero attached hydrogens (tertiary/aromatic N) is 2. The molecule has 1 heterocycles. The zero-order valence-corrected chi connectivity index (χ0v) is 12.1. The Balaban J connectivity index is 2.10. The van der Waals surface area contributed by atoms with E-state index in [2.05, 4.69) is 28.0 Å². The van der Waals surface area contributed by atoms with Crippen molar-refractivity contribution in [3.8, 4) is 12.3 Å². The molecule has 0 radical (unpaired) electrons. The van der Waals surface area contributed by atoms with E-state index in [1.807, 2.05) is 12.3 Å². The van der Waals surface area contributed by atoms with Crippen molar-refractivity contribution < 1.29 is 0 Å². The predicted molar refractivity (Wildman–Crippen MR) is 80.4 cm³/mol. The molecular weight excluding hydrogens is 258 g/mol. The highest BCUT2D eigenvalue weighted by atomic mass is 35.5. The predicted octanol–water partition coefficient (Wildman–Crippen LogP) is 2.69. The Bertz CT molecular complexity index is 463. The number of hydrogen-bond acceptors (Lipinski definition) is 3. The van der Waals surface area contributed by atoms with E-state index in [1.54, 1.807) is 0 Å². The lowest BCUT2D eigenvalue weighted by atomic mass is 10.2. The zero-order valence-electron chi connectivity index (χ0n) is 11.3. The molecule has 3 nitrogen and oxygen atoms in total. The minimum absolute atomic E-state index is 0.565. The largest absolute Gasteiger partial charge is 0.344 e. The molecule has 2 rings (SSSR count). The maximum absolute atomic E-state index is 6.34. The number of hydrogen-bond donors (Lipinski definition) is 1. The first-order valence-electron chi connectivity index (χ1n) is 6.78. The Morgan fingerprint density at radius 3 is 2.95 bits per heavy atom. The number of aromatic nitrogens is 1. The van der Waals surface area contributed by atoms with Gasteiger partial charge in [-0.25, -0.2) is 4.98 Å². The van der Waals surface area contributed by atoms with E-state index in [1.165, 1.54) is 12.8 Å². The lowest BCUT2D eigenvalue weighted by molar-refractivity contribution is 0.721. The number of terminal acetylenes is 1. The van der Waals surface area contributed by atoms with Crippen LogP contribution in [0.3, 0.4) is 0 Å². The van der Waals surface area contributed by atoms with E-state index in [-0.39, 0.29) is 0 Å². The van der Waals surface area contributed by atoms with Gasteiger partial charge in [0.15, 0.2) is 0 Å². The van der Waals surface area contributed by atoms with Gasteiger partial charge in [0.2, 0.25) is 0 Å². The van der Waals surface area contributed by atoms with Gasteiger partial charge in [0.05, 0.1) is 11.6 Å². The molecule has 1 N–H and O–H groups in total. The highest BCUT2D eigenvalue weighted by Crippen LogP contribution is 2.32. The van der Waals surface area contributed by atoms with E-state index in [0.717, 1.165) is 36.9 Å². The summed E-state index contributed by atoms with van der Waals surface area (Å²) in [5.41, 5.74) is 1.10. The summed E-state index contributed by atoms with van der Waals surface area (Å²) in [4.78, 5) is 6.60. The number of nitrogens with one attached hydrogen (secondary N) is 1. The topological polar surface area (TPSA) is 28.2 Å². The van der Waals surface area contributed by atoms with Gasteiger partial charge in [0, 0.05) is 19.3 Å². The second-order valence-corrected chi connectivity index (χ2v) is 5.36. The summed E-state index contributed by atoms with van der Waals surface area (Å²) in [6.45, 7) is 5.33. The summed E-state index contributed by atoms with van der Waals surface area (Å²) < 4.78 is 0. The summed E-state index contributed by atoms with van der Waals surface area (Å²) >= 11 is 6.34. The first-order valence-corrected chi connectivity index (χ1v) is 7.16. The third-order valence-electron chi connectivity index (χ3n) is 3.21. The van der Waals surface area contributed by atoms with Gasteiger partial charge in [-0.3, -0.25) is 0 Å². The number of halogens is 1. The molecule has 19 heavy (non-hydrogen) atoms. The highest BCUT2D eigenvalue weighted by Gasteiger charge is 2.25. The zero-order chi connectivity index (χ0) is 13.7. The van der Waals surface area contributed by atoms with Crippen LogP contribution in [0.4, 0.5) is 5.82 Å². The van der Waals surface area contributed by atoms with E-state index >= 15 is 0 Å². The van der Waals surface area contributed by atoms with E-state index < -0.39 is 0 Å². The van der Waals surface area contributed by atoms with Gasteiger partial charge in [-0.05, 0) is 36.9 Å². The van der Waals surface area contributed by atoms with Gasteiger partial charge in [-0.15, -0.1) is 6.42 Å². The molecule has 1 aromatic heterocycles. The van der Waals surface area contributed by atoms with Crippen molar-refractivity contribution >= 4 is 17.4 Å². The smallest absolute Gasteiger partial charge is 0.148 e. The minimum atomic E-state index is 0.565. The maximum Gasteiger partial charge on any atom is 0.148 e. The molecule has 1 aliphatic carbocycles. The number of anilines is 1. The van der Waals surface area contributed by atoms with Gasteiger partial charge in [0.1, 0.15) is 5.82 Å². The summed E-state index contributed by atoms with van der Waals surface area (Å²) in [6.07, 6.45) is 9.89. The summed E-state index contributed by atoms with van der Waals surface area (Å²) in [6, 6.07) is 1.98. The quantitative estimate of drug-likeness (QED) is 0.777. The average Bonchev–Trinajstić information content (AvgIpc) is 3.20. The van der Waals surface area contributed by atoms with Gasteiger partial charge in [-0.2, -0.15) is 0 Å². The fraction of sp³-hybridized carbons (Fsp3) is 0.533. The SMILES string of the molecule is C#CCN(CC1CC1)c1ncc(CNCC)cc1Cl. The van der Waals surface area contributed by atoms with E-state index in [4.69, 9.17) is 18.0 Å². The van der Waals surface area contributed by atoms with Crippen LogP contribution in [0, 0.1) is 18.3 Å². The molecule has 0 spiro atoms. The Hall–Kier alpha value is -1.24. The van der Waals surface area contributed by atoms with Crippen molar-refractivity contribution in [3.63, 3.8) is 0 Å². The monoisotopic (exact) mass is 277 g/mol. The lowest BCUT2D eigenvalue weighted by Gasteiger charge is -2.22. The van der Waals surface area contributed by atoms with Crippen LogP contribution in [0.5, 0.6) is 0 Å². The standard InChI is InChI=1S/C15H20ClN3/c1-3-7-19(11-12-5-6-12)15-14(16)8-13(10-18-15)9-17-4-2/h1,8,10,12,17H,4-7,9,11H2,2H3. The maximum atomic E-state index is 6.34. The molecule has 0 aliphatic heterocycles. The van der Waals surface area contributed by atoms with Crippen LogP contribution in [-0.4, -0.2) is 24.6 Å². The molecule has 0 unspecified atom stereocenters. The summed E-state index contributed by atoms with van der Waals surface area (Å²) in [5, 5.41) is 3.95. The van der Waals surface area contributed by atoms with Gasteiger partial charge in [-0.1, -0.05) is 24.4 Å². The second-order valence-electron chi connectivity index (χ2n) is 4.96. The van der Waals surface area contributed by atoms with Gasteiger partial charge < -0.3 is 10.2 Å². The third kappa shape index (κ3) is 4.12. The van der Waals surface area contributed by atoms with Crippen LogP contribution in [0.25, 0.3) is 0 Å². The molecule has 0 atom stereocenters. The molecule has 0 aromatic carbocycles. The van der Waals surface area contributed by atoms with Crippen LogP contribution in [-0.2, 0) is 6.54 Å². The number of pyridine rings is 1. The summed E-state index contributed by atoms with van der Waals surface area (Å²) in [7, 11) is 0. The van der Waals surface area contributed by atoms with Crippen molar-refractivity contribution in [1.29, 1.82) is 0 Å². The second kappa shape index (κ2) is 6.79. The van der Waals surface area contributed by atoms with Crippen LogP contribution in [0.1, 0.15) is 25.3 Å². The fourth-order valence-corrected chi connectivity index (χ4v) is 2.33. The van der Waals surface area contributed by atoms with Crippen molar-refractivity contribution in [3.05, 3.63) is 22.8 Å². The third-order valence-corrected chi connectivity index (χ3v) is 3.49. The molecule has 0 amide bonds. The molecular formula is C15H20ClN3. The van der Waals surface area contributed by atoms with Gasteiger partial charge >= 0.3 is 0 Å². The molecule has 0 saturated heterocycles. The Labute approximate surface area is 120 Å². The lowest BCUT2D eigenvalue weighted by Crippen LogP contribution is -2.27. The Morgan fingerprint density at radius 1 is 1.58 bits per heavy atom. The Kier molecular flexibility index (Phi) is 5.07. The molecule has 1 fully saturated rings. The molecule has 0 bridgehead atoms. The van der Waals surface area contributed by atoms with Crippen molar-refractivity contribution in [1.82, 2.24) is 10.3 Å². The van der Waals surface area contributed by atoms with Crippen molar-refractivity contribution in [2.45, 2.75) is 26.3 Å². The molecule has 102 valence electrons. The molecule has 1 saturated carbocycles. The molecule has 1 aromatic rings. The van der Waals surface area contributed by atoms with Crippen LogP contribution in [0.15, 0.2) is 12.3 Å². The van der Waals surface area contributed by atoms with Crippen LogP contribution >= 0.6 is 11.6 Å². The van der Waals surface area contributed by atoms with E-state index in [9.17, 15) is 0 Å².